The second-order valence-corrected chi connectivity index (χ2v) is 3.60. The third-order valence-electron chi connectivity index (χ3n) is 2.54. The summed E-state index contributed by atoms with van der Waals surface area (Å²) >= 11 is 0. The molecule has 3 nitrogen and oxygen atoms in total. The van der Waals surface area contributed by atoms with Crippen molar-refractivity contribution in [2.24, 2.45) is 0 Å². The third kappa shape index (κ3) is 3.93. The Labute approximate surface area is 102 Å². The van der Waals surface area contributed by atoms with Crippen LogP contribution in [0.5, 0.6) is 0 Å². The quantitative estimate of drug-likeness (QED) is 0.804. The second kappa shape index (κ2) is 6.72. The van der Waals surface area contributed by atoms with Gasteiger partial charge in [0.05, 0.1) is 0 Å². The number of hydrogen-bond acceptors (Lipinski definition) is 2. The highest BCUT2D eigenvalue weighted by Gasteiger charge is 2.20. The van der Waals surface area contributed by atoms with Crippen molar-refractivity contribution in [2.45, 2.75) is 19.9 Å². The zero-order chi connectivity index (χ0) is 12.7. The minimum absolute atomic E-state index is 0.678. The number of carboxylic acids is 1. The summed E-state index contributed by atoms with van der Waals surface area (Å²) in [6.45, 7) is 5.22. The average Bonchev–Trinajstić information content (AvgIpc) is 2.35. The lowest BCUT2D eigenvalue weighted by Gasteiger charge is -2.21. The fourth-order valence-corrected chi connectivity index (χ4v) is 1.57. The summed E-state index contributed by atoms with van der Waals surface area (Å²) in [4.78, 5) is 13.0. The molecular formula is C14H17NO2. The normalized spacial score (nSPS) is 11.7. The largest absolute Gasteiger partial charge is 0.479 e. The van der Waals surface area contributed by atoms with E-state index in [2.05, 4.69) is 11.8 Å². The van der Waals surface area contributed by atoms with Gasteiger partial charge in [-0.1, -0.05) is 43.9 Å². The molecule has 0 saturated carbocycles. The van der Waals surface area contributed by atoms with Gasteiger partial charge in [0.2, 0.25) is 0 Å². The van der Waals surface area contributed by atoms with Gasteiger partial charge >= 0.3 is 5.97 Å². The van der Waals surface area contributed by atoms with Crippen LogP contribution in [0.4, 0.5) is 0 Å². The topological polar surface area (TPSA) is 40.5 Å². The summed E-state index contributed by atoms with van der Waals surface area (Å²) in [6.07, 6.45) is 0. The fraction of sp³-hybridized carbons (Fsp3) is 0.357. The van der Waals surface area contributed by atoms with Gasteiger partial charge in [-0.2, -0.15) is 0 Å². The Morgan fingerprint density at radius 1 is 1.29 bits per heavy atom. The van der Waals surface area contributed by atoms with Crippen LogP contribution < -0.4 is 0 Å². The highest BCUT2D eigenvalue weighted by atomic mass is 16.4. The van der Waals surface area contributed by atoms with Gasteiger partial charge in [-0.25, -0.2) is 4.79 Å². The molecule has 1 aromatic carbocycles. The monoisotopic (exact) mass is 231 g/mol. The van der Waals surface area contributed by atoms with Crippen molar-refractivity contribution in [2.75, 3.05) is 13.1 Å². The van der Waals surface area contributed by atoms with Gasteiger partial charge in [-0.3, -0.25) is 4.90 Å². The summed E-state index contributed by atoms with van der Waals surface area (Å²) in [6, 6.07) is 8.69. The summed E-state index contributed by atoms with van der Waals surface area (Å²) in [7, 11) is 0. The van der Waals surface area contributed by atoms with Crippen molar-refractivity contribution in [1.29, 1.82) is 0 Å². The van der Waals surface area contributed by atoms with Crippen LogP contribution in [-0.4, -0.2) is 35.1 Å². The molecule has 17 heavy (non-hydrogen) atoms. The molecule has 0 aliphatic heterocycles. The van der Waals surface area contributed by atoms with E-state index in [1.165, 1.54) is 0 Å². The Kier molecular flexibility index (Phi) is 5.25. The number of likely N-dealkylation sites (N-methyl/N-ethyl adjacent to an activating group) is 1. The molecule has 0 aliphatic carbocycles. The average molecular weight is 231 g/mol. The minimum atomic E-state index is -0.892. The Balaban J connectivity index is 2.88. The maximum atomic E-state index is 11.1. The van der Waals surface area contributed by atoms with Crippen molar-refractivity contribution >= 4 is 5.97 Å². The molecule has 1 N–H and O–H groups in total. The van der Waals surface area contributed by atoms with Crippen LogP contribution in [0.3, 0.4) is 0 Å². The van der Waals surface area contributed by atoms with E-state index in [0.29, 0.717) is 13.1 Å². The van der Waals surface area contributed by atoms with Gasteiger partial charge in [-0.15, -0.1) is 0 Å². The van der Waals surface area contributed by atoms with Crippen LogP contribution in [-0.2, 0) is 4.79 Å². The van der Waals surface area contributed by atoms with Gasteiger partial charge in [0.1, 0.15) is 0 Å². The van der Waals surface area contributed by atoms with E-state index in [9.17, 15) is 4.79 Å². The maximum absolute atomic E-state index is 11.1. The standard InChI is InChI=1S/C14H17NO2/c1-3-15(4-2)13(14(16)17)11-10-12-8-6-5-7-9-12/h5-9,13H,3-4H2,1-2H3,(H,16,17). The highest BCUT2D eigenvalue weighted by molar-refractivity contribution is 5.77. The number of hydrogen-bond donors (Lipinski definition) is 1. The van der Waals surface area contributed by atoms with Crippen LogP contribution in [0, 0.1) is 11.8 Å². The fourth-order valence-electron chi connectivity index (χ4n) is 1.57. The van der Waals surface area contributed by atoms with Gasteiger partial charge in [0.15, 0.2) is 6.04 Å². The number of carboxylic acid groups (broad SMARTS) is 1. The molecular weight excluding hydrogens is 214 g/mol. The molecule has 3 heteroatoms. The van der Waals surface area contributed by atoms with Crippen LogP contribution >= 0.6 is 0 Å². The van der Waals surface area contributed by atoms with Crippen molar-refractivity contribution in [3.05, 3.63) is 35.9 Å². The molecule has 1 atom stereocenters. The molecule has 0 aromatic heterocycles. The van der Waals surface area contributed by atoms with E-state index in [-0.39, 0.29) is 0 Å². The highest BCUT2D eigenvalue weighted by Crippen LogP contribution is 2.00. The molecule has 1 rings (SSSR count). The van der Waals surface area contributed by atoms with E-state index in [1.807, 2.05) is 49.1 Å². The number of benzene rings is 1. The first kappa shape index (κ1) is 13.3. The Morgan fingerprint density at radius 3 is 2.35 bits per heavy atom. The van der Waals surface area contributed by atoms with E-state index in [4.69, 9.17) is 5.11 Å². The van der Waals surface area contributed by atoms with E-state index >= 15 is 0 Å². The minimum Gasteiger partial charge on any atom is -0.479 e. The van der Waals surface area contributed by atoms with Crippen molar-refractivity contribution < 1.29 is 9.90 Å². The summed E-state index contributed by atoms with van der Waals surface area (Å²) < 4.78 is 0. The lowest BCUT2D eigenvalue weighted by molar-refractivity contribution is -0.140. The summed E-state index contributed by atoms with van der Waals surface area (Å²) in [5.74, 6) is 4.82. The number of rotatable bonds is 4. The van der Waals surface area contributed by atoms with Crippen molar-refractivity contribution in [3.63, 3.8) is 0 Å². The molecule has 0 radical (unpaired) electrons. The molecule has 0 amide bonds. The first-order valence-corrected chi connectivity index (χ1v) is 5.72. The Hall–Kier alpha value is -1.79. The van der Waals surface area contributed by atoms with Gasteiger partial charge in [0, 0.05) is 5.56 Å². The van der Waals surface area contributed by atoms with Gasteiger partial charge in [0.25, 0.3) is 0 Å². The predicted molar refractivity (Wildman–Crippen MR) is 67.7 cm³/mol. The molecule has 1 aromatic rings. The molecule has 0 saturated heterocycles. The molecule has 0 aliphatic rings. The first-order chi connectivity index (χ1) is 8.19. The lowest BCUT2D eigenvalue weighted by Crippen LogP contribution is -2.39. The zero-order valence-corrected chi connectivity index (χ0v) is 10.2. The first-order valence-electron chi connectivity index (χ1n) is 5.72. The molecule has 1 unspecified atom stereocenters. The smallest absolute Gasteiger partial charge is 0.333 e. The van der Waals surface area contributed by atoms with Crippen LogP contribution in [0.25, 0.3) is 0 Å². The van der Waals surface area contributed by atoms with Crippen molar-refractivity contribution in [3.8, 4) is 11.8 Å². The molecule has 0 heterocycles. The molecule has 90 valence electrons. The third-order valence-corrected chi connectivity index (χ3v) is 2.54. The summed E-state index contributed by atoms with van der Waals surface area (Å²) in [5.41, 5.74) is 0.839. The van der Waals surface area contributed by atoms with Gasteiger partial charge < -0.3 is 5.11 Å². The molecule has 0 fully saturated rings. The maximum Gasteiger partial charge on any atom is 0.333 e. The number of aliphatic carboxylic acids is 1. The molecule has 0 spiro atoms. The Bertz CT molecular complexity index is 413. The van der Waals surface area contributed by atoms with Crippen LogP contribution in [0.2, 0.25) is 0 Å². The van der Waals surface area contributed by atoms with Crippen LogP contribution in [0.1, 0.15) is 19.4 Å². The SMILES string of the molecule is CCN(CC)C(C#Cc1ccccc1)C(=O)O. The lowest BCUT2D eigenvalue weighted by atomic mass is 10.2. The Morgan fingerprint density at radius 2 is 1.88 bits per heavy atom. The number of nitrogens with zero attached hydrogens (tertiary/aromatic N) is 1. The van der Waals surface area contributed by atoms with Crippen molar-refractivity contribution in [1.82, 2.24) is 4.90 Å². The zero-order valence-electron chi connectivity index (χ0n) is 10.2. The molecule has 0 bridgehead atoms. The van der Waals surface area contributed by atoms with Gasteiger partial charge in [-0.05, 0) is 25.2 Å². The second-order valence-electron chi connectivity index (χ2n) is 3.60. The summed E-state index contributed by atoms with van der Waals surface area (Å²) in [5, 5.41) is 9.14. The number of carbonyl (C=O) groups is 1. The van der Waals surface area contributed by atoms with E-state index < -0.39 is 12.0 Å². The van der Waals surface area contributed by atoms with Crippen LogP contribution in [0.15, 0.2) is 30.3 Å². The van der Waals surface area contributed by atoms with E-state index in [1.54, 1.807) is 0 Å². The predicted octanol–water partition coefficient (Wildman–Crippen LogP) is 1.83. The van der Waals surface area contributed by atoms with E-state index in [0.717, 1.165) is 5.56 Å².